The third-order valence-corrected chi connectivity index (χ3v) is 17.7. The molecule has 0 saturated carbocycles. The molecule has 0 radical (unpaired) electrons. The number of aromatic hydroxyl groups is 1. The molecule has 30 N–H and O–H groups in total. The summed E-state index contributed by atoms with van der Waals surface area (Å²) in [5.41, 5.74) is 28.2. The van der Waals surface area contributed by atoms with Crippen LogP contribution in [0.5, 0.6) is 5.75 Å². The van der Waals surface area contributed by atoms with E-state index in [0.29, 0.717) is 50.5 Å². The average molecular weight is 1670 g/mol. The highest BCUT2D eigenvalue weighted by molar-refractivity contribution is 6.01. The standard InChI is InChI=1S/C73H125N25O20/c1-36(57(103)79-31-20-32-80-73(77)78)83-58(104)37(2)84-59(105)38(3)88-65(111)44(9)93-71(117)52(22-15-18-29-75)97-68(114)47(12)91-63(109)42(7)86-61(107)40(5)89-66(112)45(10)94-72(118)53(23-16-19-30-76)98-67(113)46(11)90-62(108)41(6)85-60(106)39(4)87-64(110)43(8)92-70(116)51(21-14-17-28-74)96-56(102)35-81-55(101)34-82-69(115)54(95-48(13)99)33-49-24-26-50(100)27-25-49/h24-27,36-47,51-54,100H,14-23,28-35,74-76H2,1-13H3,(H,79,103)(H,81,101)(H,82,115)(H,83,104)(H,84,105)(H,85,106)(H,86,107)(H,87,110)(H,88,111)(H,89,112)(H,90,108)(H,91,109)(H,92,116)(H,93,117)(H,94,118)(H,95,99)(H,96,102)(H,97,114)(H,98,113)(H4,77,78,80)/t36-,37-,38-,39-,40-,41-,42-,43-,44-,45-,46-,47-,51-,52-,53-,54-/m0/s1. The monoisotopic (exact) mass is 1670 g/mol. The third-order valence-electron chi connectivity index (χ3n) is 17.7. The van der Waals surface area contributed by atoms with Gasteiger partial charge in [0.2, 0.25) is 112 Å². The molecular formula is C73H125N25O20. The van der Waals surface area contributed by atoms with E-state index in [4.69, 9.17) is 28.7 Å². The van der Waals surface area contributed by atoms with Crippen LogP contribution in [0.1, 0.15) is 160 Å². The van der Waals surface area contributed by atoms with Gasteiger partial charge in [0.1, 0.15) is 102 Å². The van der Waals surface area contributed by atoms with Crippen LogP contribution in [0.15, 0.2) is 29.3 Å². The fraction of sp³-hybridized carbons (Fsp3) is 0.644. The lowest BCUT2D eigenvalue weighted by molar-refractivity contribution is -0.135. The normalized spacial score (nSPS) is 14.9. The van der Waals surface area contributed by atoms with Gasteiger partial charge in [-0.2, -0.15) is 0 Å². The van der Waals surface area contributed by atoms with Gasteiger partial charge >= 0.3 is 0 Å². The van der Waals surface area contributed by atoms with Crippen molar-refractivity contribution in [3.8, 4) is 5.75 Å². The van der Waals surface area contributed by atoms with Gasteiger partial charge in [0, 0.05) is 26.4 Å². The molecule has 0 unspecified atom stereocenters. The smallest absolute Gasteiger partial charge is 0.243 e. The summed E-state index contributed by atoms with van der Waals surface area (Å²) in [5, 5.41) is 56.3. The number of aliphatic imine (C=N–C) groups is 1. The Hall–Kier alpha value is -11.9. The number of amides is 19. The van der Waals surface area contributed by atoms with E-state index in [1.54, 1.807) is 12.1 Å². The van der Waals surface area contributed by atoms with Crippen LogP contribution in [0.2, 0.25) is 0 Å². The number of phenolic OH excluding ortho intramolecular Hbond substituents is 1. The molecule has 19 amide bonds. The first-order valence-electron chi connectivity index (χ1n) is 38.9. The maximum atomic E-state index is 13.7. The van der Waals surface area contributed by atoms with E-state index < -0.39 is 222 Å². The minimum Gasteiger partial charge on any atom is -0.508 e. The Morgan fingerprint density at radius 1 is 0.305 bits per heavy atom. The second-order valence-electron chi connectivity index (χ2n) is 28.4. The number of nitrogens with zero attached hydrogens (tertiary/aromatic N) is 1. The van der Waals surface area contributed by atoms with E-state index in [0.717, 1.165) is 0 Å². The van der Waals surface area contributed by atoms with Crippen LogP contribution in [-0.4, -0.2) is 266 Å². The summed E-state index contributed by atoms with van der Waals surface area (Å²) < 4.78 is 0. The number of unbranched alkanes of at least 4 members (excludes halogenated alkanes) is 3. The van der Waals surface area contributed by atoms with Crippen LogP contribution in [0, 0.1) is 0 Å². The first-order chi connectivity index (χ1) is 55.3. The molecule has 16 atom stereocenters. The van der Waals surface area contributed by atoms with Crippen LogP contribution in [0.25, 0.3) is 0 Å². The number of benzene rings is 1. The topological polar surface area (TPSA) is 716 Å². The summed E-state index contributed by atoms with van der Waals surface area (Å²) in [5.74, 6) is -15.1. The molecule has 662 valence electrons. The summed E-state index contributed by atoms with van der Waals surface area (Å²) in [4.78, 5) is 253. The van der Waals surface area contributed by atoms with E-state index in [1.165, 1.54) is 102 Å². The number of carbonyl (C=O) groups is 19. The maximum Gasteiger partial charge on any atom is 0.243 e. The molecule has 1 rings (SSSR count). The fourth-order valence-corrected chi connectivity index (χ4v) is 10.4. The molecule has 45 nitrogen and oxygen atoms in total. The summed E-state index contributed by atoms with van der Waals surface area (Å²) in [7, 11) is 0. The number of phenols is 1. The zero-order chi connectivity index (χ0) is 89.6. The Morgan fingerprint density at radius 3 is 0.864 bits per heavy atom. The largest absolute Gasteiger partial charge is 0.508 e. The molecule has 0 aromatic heterocycles. The van der Waals surface area contributed by atoms with Crippen molar-refractivity contribution < 1.29 is 96.2 Å². The predicted octanol–water partition coefficient (Wildman–Crippen LogP) is -9.65. The van der Waals surface area contributed by atoms with Gasteiger partial charge in [-0.05, 0) is 185 Å². The fourth-order valence-electron chi connectivity index (χ4n) is 10.4. The molecule has 118 heavy (non-hydrogen) atoms. The number of carbonyl (C=O) groups excluding carboxylic acids is 19. The van der Waals surface area contributed by atoms with Gasteiger partial charge in [0.15, 0.2) is 5.96 Å². The summed E-state index contributed by atoms with van der Waals surface area (Å²) in [6.45, 7) is 16.9. The van der Waals surface area contributed by atoms with Crippen molar-refractivity contribution in [2.24, 2.45) is 33.7 Å². The highest BCUT2D eigenvalue weighted by Gasteiger charge is 2.34. The highest BCUT2D eigenvalue weighted by Crippen LogP contribution is 2.13. The lowest BCUT2D eigenvalue weighted by Gasteiger charge is -2.25. The Balaban J connectivity index is 2.83. The Labute approximate surface area is 685 Å². The molecule has 0 aliphatic carbocycles. The van der Waals surface area contributed by atoms with E-state index in [2.05, 4.69) is 106 Å². The second-order valence-corrected chi connectivity index (χ2v) is 28.4. The zero-order valence-electron chi connectivity index (χ0n) is 69.3. The number of hydrogen-bond donors (Lipinski definition) is 25. The number of hydrogen-bond acceptors (Lipinski definition) is 24. The minimum atomic E-state index is -1.34. The molecule has 0 spiro atoms. The number of rotatable bonds is 54. The van der Waals surface area contributed by atoms with Crippen LogP contribution in [0.4, 0.5) is 0 Å². The van der Waals surface area contributed by atoms with Crippen molar-refractivity contribution in [2.75, 3.05) is 45.8 Å². The van der Waals surface area contributed by atoms with Gasteiger partial charge in [0.25, 0.3) is 0 Å². The number of nitrogens with two attached hydrogens (primary N) is 5. The maximum absolute atomic E-state index is 13.7. The van der Waals surface area contributed by atoms with Crippen LogP contribution >= 0.6 is 0 Å². The first kappa shape index (κ1) is 104. The summed E-state index contributed by atoms with van der Waals surface area (Å²) in [6.07, 6.45) is 2.91. The number of guanidine groups is 1. The van der Waals surface area contributed by atoms with E-state index in [-0.39, 0.29) is 70.1 Å². The average Bonchev–Trinajstić information content (AvgIpc) is 0.881. The summed E-state index contributed by atoms with van der Waals surface area (Å²) in [6, 6.07) is -14.2. The van der Waals surface area contributed by atoms with Gasteiger partial charge in [-0.3, -0.25) is 96.1 Å². The van der Waals surface area contributed by atoms with Gasteiger partial charge in [-0.1, -0.05) is 12.1 Å². The quantitative estimate of drug-likeness (QED) is 0.0164. The Kier molecular flexibility index (Phi) is 48.4. The SMILES string of the molecule is CC(=O)N[C@@H](Cc1ccc(O)cc1)C(=O)NCC(=O)NCC(=O)N[C@@H](CCCCN)C(=O)N[C@@H](C)C(=O)N[C@@H](C)C(=O)N[C@@H](C)C(=O)N[C@@H](C)C(=O)N[C@@H](CCCCN)C(=O)N[C@@H](C)C(=O)N[C@@H](C)C(=O)N[C@@H](C)C(=O)N[C@@H](C)C(=O)N[C@@H](CCCCN)C(=O)N[C@@H](C)C(=O)N[C@@H](C)C(=O)N[C@@H](C)C(=O)N[C@@H](C)C(=O)NCCCN=C(N)N. The summed E-state index contributed by atoms with van der Waals surface area (Å²) >= 11 is 0. The van der Waals surface area contributed by atoms with Crippen molar-refractivity contribution in [1.82, 2.24) is 101 Å². The lowest BCUT2D eigenvalue weighted by Crippen LogP contribution is -2.59. The van der Waals surface area contributed by atoms with E-state index in [9.17, 15) is 96.2 Å². The molecule has 0 aliphatic heterocycles. The van der Waals surface area contributed by atoms with Gasteiger partial charge in [0.05, 0.1) is 13.1 Å². The van der Waals surface area contributed by atoms with Crippen LogP contribution in [0.3, 0.4) is 0 Å². The van der Waals surface area contributed by atoms with Crippen molar-refractivity contribution in [3.63, 3.8) is 0 Å². The predicted molar refractivity (Wildman–Crippen MR) is 430 cm³/mol. The van der Waals surface area contributed by atoms with Crippen molar-refractivity contribution in [1.29, 1.82) is 0 Å². The first-order valence-corrected chi connectivity index (χ1v) is 38.9. The molecule has 45 heteroatoms. The molecule has 1 aromatic rings. The van der Waals surface area contributed by atoms with Gasteiger partial charge in [-0.15, -0.1) is 0 Å². The molecular weight excluding hydrogens is 1550 g/mol. The molecule has 0 saturated heterocycles. The lowest BCUT2D eigenvalue weighted by atomic mass is 10.0. The van der Waals surface area contributed by atoms with Gasteiger partial charge in [-0.25, -0.2) is 0 Å². The highest BCUT2D eigenvalue weighted by atomic mass is 16.3. The van der Waals surface area contributed by atoms with Crippen LogP contribution in [-0.2, 0) is 97.5 Å². The van der Waals surface area contributed by atoms with E-state index in [1.807, 2.05) is 0 Å². The minimum absolute atomic E-state index is 0.00676. The molecule has 0 heterocycles. The molecule has 0 aliphatic rings. The third kappa shape index (κ3) is 41.6. The Bertz CT molecular complexity index is 3620. The van der Waals surface area contributed by atoms with Gasteiger partial charge < -0.3 is 135 Å². The van der Waals surface area contributed by atoms with Crippen molar-refractivity contribution in [2.45, 2.75) is 257 Å². The van der Waals surface area contributed by atoms with Crippen molar-refractivity contribution >= 4 is 118 Å². The molecule has 1 aromatic carbocycles. The number of nitrogens with one attached hydrogen (secondary N) is 19. The van der Waals surface area contributed by atoms with Crippen LogP contribution < -0.4 is 130 Å². The molecule has 0 bridgehead atoms. The van der Waals surface area contributed by atoms with E-state index >= 15 is 0 Å². The zero-order valence-corrected chi connectivity index (χ0v) is 69.3. The second kappa shape index (κ2) is 54.8. The molecule has 0 fully saturated rings. The van der Waals surface area contributed by atoms with Crippen molar-refractivity contribution in [3.05, 3.63) is 29.8 Å². The Morgan fingerprint density at radius 2 is 0.576 bits per heavy atom.